The van der Waals surface area contributed by atoms with Crippen molar-refractivity contribution in [2.24, 2.45) is 5.73 Å². The smallest absolute Gasteiger partial charge is 0.279 e. The summed E-state index contributed by atoms with van der Waals surface area (Å²) in [5.41, 5.74) is 5.26. The Kier molecular flexibility index (Phi) is 12.9. The number of carbonyl (C=O) groups is 4. The van der Waals surface area contributed by atoms with E-state index >= 15 is 0 Å². The summed E-state index contributed by atoms with van der Waals surface area (Å²) >= 11 is 0. The Morgan fingerprint density at radius 1 is 1.08 bits per heavy atom. The molecule has 2 rings (SSSR count). The summed E-state index contributed by atoms with van der Waals surface area (Å²) in [5.74, 6) is -2.42. The van der Waals surface area contributed by atoms with Gasteiger partial charge < -0.3 is 11.1 Å². The maximum atomic E-state index is 11.9. The number of piperidine rings is 1. The van der Waals surface area contributed by atoms with Gasteiger partial charge in [0.05, 0.1) is 0 Å². The summed E-state index contributed by atoms with van der Waals surface area (Å²) in [4.78, 5) is 47.2. The third-order valence-corrected chi connectivity index (χ3v) is 2.92. The average molecular weight is 356 g/mol. The van der Waals surface area contributed by atoms with Gasteiger partial charge in [-0.2, -0.15) is 0 Å². The molecule has 0 aliphatic carbocycles. The van der Waals surface area contributed by atoms with Crippen molar-refractivity contribution in [3.8, 4) is 0 Å². The highest BCUT2D eigenvalue weighted by Gasteiger charge is 2.45. The number of nitrogens with one attached hydrogen (secondary N) is 2. The van der Waals surface area contributed by atoms with Gasteiger partial charge in [0.1, 0.15) is 17.4 Å². The van der Waals surface area contributed by atoms with E-state index in [1.165, 1.54) is 13.5 Å². The highest BCUT2D eigenvalue weighted by Crippen LogP contribution is 2.22. The van der Waals surface area contributed by atoms with Crippen LogP contribution in [0.5, 0.6) is 0 Å². The number of rotatable bonds is 2. The van der Waals surface area contributed by atoms with E-state index in [2.05, 4.69) is 24.5 Å². The molecule has 1 unspecified atom stereocenters. The number of likely N-dealkylation sites (N-methyl/N-ethyl adjacent to an activating group) is 1. The van der Waals surface area contributed by atoms with Crippen molar-refractivity contribution in [1.82, 2.24) is 15.5 Å². The van der Waals surface area contributed by atoms with Crippen LogP contribution in [-0.2, 0) is 19.2 Å². The molecule has 0 bridgehead atoms. The van der Waals surface area contributed by atoms with E-state index in [-0.39, 0.29) is 24.2 Å². The fraction of sp³-hybridized carbons (Fsp3) is 0.647. The van der Waals surface area contributed by atoms with Crippen LogP contribution in [0.4, 0.5) is 0 Å². The summed E-state index contributed by atoms with van der Waals surface area (Å²) < 4.78 is 0. The lowest BCUT2D eigenvalue weighted by molar-refractivity contribution is -0.150. The monoisotopic (exact) mass is 356 g/mol. The molecule has 1 saturated heterocycles. The van der Waals surface area contributed by atoms with Gasteiger partial charge in [0.15, 0.2) is 0 Å². The van der Waals surface area contributed by atoms with Crippen LogP contribution >= 0.6 is 0 Å². The highest BCUT2D eigenvalue weighted by molar-refractivity contribution is 6.20. The second-order valence-corrected chi connectivity index (χ2v) is 4.69. The van der Waals surface area contributed by atoms with Crippen molar-refractivity contribution in [3.05, 3.63) is 11.4 Å². The van der Waals surface area contributed by atoms with Crippen molar-refractivity contribution in [3.63, 3.8) is 0 Å². The van der Waals surface area contributed by atoms with E-state index in [1.54, 1.807) is 0 Å². The minimum absolute atomic E-state index is 0.0234. The SMILES string of the molecule is CC.CC.CCC.CNC1=C(N)C(=O)N(C2CCC(=O)NC2=O)C1=O. The first-order valence-corrected chi connectivity index (χ1v) is 8.78. The Hall–Kier alpha value is -2.38. The van der Waals surface area contributed by atoms with Gasteiger partial charge in [-0.15, -0.1) is 0 Å². The molecule has 8 nitrogen and oxygen atoms in total. The lowest BCUT2D eigenvalue weighted by Crippen LogP contribution is -2.55. The average Bonchev–Trinajstić information content (AvgIpc) is 2.82. The van der Waals surface area contributed by atoms with Crippen LogP contribution in [0, 0.1) is 0 Å². The fourth-order valence-corrected chi connectivity index (χ4v) is 2.02. The first kappa shape index (κ1) is 24.9. The zero-order chi connectivity index (χ0) is 20.2. The van der Waals surface area contributed by atoms with Crippen LogP contribution < -0.4 is 16.4 Å². The number of hydrogen-bond acceptors (Lipinski definition) is 6. The minimum atomic E-state index is -0.980. The summed E-state index contributed by atoms with van der Waals surface area (Å²) in [7, 11) is 1.46. The summed E-state index contributed by atoms with van der Waals surface area (Å²) in [6, 6.07) is -0.980. The molecule has 2 heterocycles. The molecule has 1 atom stereocenters. The summed E-state index contributed by atoms with van der Waals surface area (Å²) in [6.45, 7) is 12.2. The topological polar surface area (TPSA) is 122 Å². The van der Waals surface area contributed by atoms with Crippen molar-refractivity contribution >= 4 is 23.6 Å². The predicted molar refractivity (Wildman–Crippen MR) is 97.0 cm³/mol. The molecule has 0 aromatic heterocycles. The minimum Gasteiger partial charge on any atom is -0.392 e. The molecule has 25 heavy (non-hydrogen) atoms. The van der Waals surface area contributed by atoms with Crippen LogP contribution in [0.25, 0.3) is 0 Å². The number of carbonyl (C=O) groups excluding carboxylic acids is 4. The Labute approximate surface area is 150 Å². The second kappa shape index (κ2) is 13.0. The molecule has 8 heteroatoms. The molecule has 0 spiro atoms. The third-order valence-electron chi connectivity index (χ3n) is 2.92. The van der Waals surface area contributed by atoms with E-state index in [4.69, 9.17) is 5.73 Å². The standard InChI is InChI=1S/C10H12N4O4.C3H8.2C2H6/c1-12-7-6(11)9(17)14(10(7)18)4-2-3-5(15)13-8(4)16;1-3-2;2*1-2/h4,12H,2-3,11H2,1H3,(H,13,15,16);3H2,1-2H3;2*1-2H3. The Balaban J connectivity index is 0. The largest absolute Gasteiger partial charge is 0.392 e. The third kappa shape index (κ3) is 6.21. The van der Waals surface area contributed by atoms with Gasteiger partial charge in [-0.25, -0.2) is 0 Å². The van der Waals surface area contributed by atoms with Crippen LogP contribution in [0.1, 0.15) is 60.8 Å². The lowest BCUT2D eigenvalue weighted by Gasteiger charge is -2.28. The zero-order valence-electron chi connectivity index (χ0n) is 16.4. The van der Waals surface area contributed by atoms with Gasteiger partial charge in [-0.05, 0) is 6.42 Å². The molecule has 0 aromatic carbocycles. The number of hydrogen-bond donors (Lipinski definition) is 3. The van der Waals surface area contributed by atoms with Gasteiger partial charge in [-0.1, -0.05) is 48.0 Å². The Bertz CT molecular complexity index is 515. The second-order valence-electron chi connectivity index (χ2n) is 4.69. The molecule has 1 fully saturated rings. The van der Waals surface area contributed by atoms with E-state index in [0.29, 0.717) is 0 Å². The van der Waals surface area contributed by atoms with Crippen molar-refractivity contribution < 1.29 is 19.2 Å². The molecule has 2 aliphatic rings. The molecule has 4 N–H and O–H groups in total. The molecule has 4 amide bonds. The molecule has 144 valence electrons. The van der Waals surface area contributed by atoms with Crippen molar-refractivity contribution in [2.75, 3.05) is 7.05 Å². The van der Waals surface area contributed by atoms with E-state index < -0.39 is 29.7 Å². The number of nitrogens with two attached hydrogens (primary N) is 1. The molecule has 0 aromatic rings. The number of nitrogens with zero attached hydrogens (tertiary/aromatic N) is 1. The van der Waals surface area contributed by atoms with Crippen molar-refractivity contribution in [1.29, 1.82) is 0 Å². The van der Waals surface area contributed by atoms with Crippen LogP contribution in [-0.4, -0.2) is 41.6 Å². The number of amides is 4. The van der Waals surface area contributed by atoms with E-state index in [0.717, 1.165) is 4.90 Å². The first-order valence-electron chi connectivity index (χ1n) is 8.78. The summed E-state index contributed by atoms with van der Waals surface area (Å²) in [6.07, 6.45) is 1.45. The van der Waals surface area contributed by atoms with Gasteiger partial charge in [0.2, 0.25) is 11.8 Å². The van der Waals surface area contributed by atoms with Gasteiger partial charge in [0.25, 0.3) is 11.8 Å². The lowest BCUT2D eigenvalue weighted by atomic mass is 10.0. The quantitative estimate of drug-likeness (QED) is 0.635. The van der Waals surface area contributed by atoms with E-state index in [9.17, 15) is 19.2 Å². The molecule has 2 aliphatic heterocycles. The molecule has 0 radical (unpaired) electrons. The van der Waals surface area contributed by atoms with Crippen LogP contribution in [0.15, 0.2) is 11.4 Å². The van der Waals surface area contributed by atoms with Crippen LogP contribution in [0.3, 0.4) is 0 Å². The number of imide groups is 2. The maximum absolute atomic E-state index is 11.9. The highest BCUT2D eigenvalue weighted by atomic mass is 16.2. The van der Waals surface area contributed by atoms with E-state index in [1.807, 2.05) is 27.7 Å². The van der Waals surface area contributed by atoms with Crippen molar-refractivity contribution in [2.45, 2.75) is 66.8 Å². The molecular formula is C17H32N4O4. The fourth-order valence-electron chi connectivity index (χ4n) is 2.02. The normalized spacial score (nSPS) is 19.0. The maximum Gasteiger partial charge on any atom is 0.279 e. The summed E-state index contributed by atoms with van der Waals surface area (Å²) in [5, 5.41) is 4.62. The zero-order valence-corrected chi connectivity index (χ0v) is 16.4. The van der Waals surface area contributed by atoms with Gasteiger partial charge in [-0.3, -0.25) is 29.4 Å². The molecule has 0 saturated carbocycles. The van der Waals surface area contributed by atoms with Gasteiger partial charge >= 0.3 is 0 Å². The van der Waals surface area contributed by atoms with Crippen LogP contribution in [0.2, 0.25) is 0 Å². The predicted octanol–water partition coefficient (Wildman–Crippen LogP) is 1.02. The van der Waals surface area contributed by atoms with Gasteiger partial charge in [0, 0.05) is 13.5 Å². The molecular weight excluding hydrogens is 324 g/mol. The first-order chi connectivity index (χ1) is 11.9. The Morgan fingerprint density at radius 2 is 1.56 bits per heavy atom. The Morgan fingerprint density at radius 3 is 1.92 bits per heavy atom.